The zero-order valence-corrected chi connectivity index (χ0v) is 12.2. The van der Waals surface area contributed by atoms with Gasteiger partial charge in [-0.25, -0.2) is 9.59 Å². The van der Waals surface area contributed by atoms with Crippen LogP contribution in [0.25, 0.3) is 0 Å². The van der Waals surface area contributed by atoms with Crippen LogP contribution >= 0.6 is 0 Å². The number of aromatic nitrogens is 1. The van der Waals surface area contributed by atoms with Crippen molar-refractivity contribution in [3.63, 3.8) is 0 Å². The standard InChI is InChI=1S/C15H21N3O3/c1-2-6-15(13(19)20)7-4-9-18(15)14(21)17-11-12-5-3-8-16-10-12/h3,5,8,10H,2,4,6-7,9,11H2,1H3,(H,17,21)(H,19,20). The summed E-state index contributed by atoms with van der Waals surface area (Å²) in [5, 5.41) is 12.4. The number of carbonyl (C=O) groups is 2. The maximum atomic E-state index is 12.3. The Morgan fingerprint density at radius 1 is 1.52 bits per heavy atom. The SMILES string of the molecule is CCCC1(C(=O)O)CCCN1C(=O)NCc1cccnc1. The number of rotatable bonds is 5. The van der Waals surface area contributed by atoms with Gasteiger partial charge in [-0.05, 0) is 30.9 Å². The molecular formula is C15H21N3O3. The molecular weight excluding hydrogens is 270 g/mol. The fraction of sp³-hybridized carbons (Fsp3) is 0.533. The zero-order valence-electron chi connectivity index (χ0n) is 12.2. The Morgan fingerprint density at radius 2 is 2.33 bits per heavy atom. The first-order valence-electron chi connectivity index (χ1n) is 7.28. The van der Waals surface area contributed by atoms with Gasteiger partial charge in [0.15, 0.2) is 0 Å². The van der Waals surface area contributed by atoms with Gasteiger partial charge in [-0.3, -0.25) is 4.98 Å². The van der Waals surface area contributed by atoms with E-state index in [9.17, 15) is 14.7 Å². The Kier molecular flexibility index (Phi) is 4.77. The molecule has 114 valence electrons. The number of nitrogens with zero attached hydrogens (tertiary/aromatic N) is 2. The molecule has 1 aliphatic heterocycles. The average Bonchev–Trinajstić information content (AvgIpc) is 2.91. The molecule has 21 heavy (non-hydrogen) atoms. The van der Waals surface area contributed by atoms with Crippen LogP contribution in [0.4, 0.5) is 4.79 Å². The molecule has 0 spiro atoms. The molecule has 1 aromatic rings. The number of aliphatic carboxylic acids is 1. The number of urea groups is 1. The number of pyridine rings is 1. The second-order valence-corrected chi connectivity index (χ2v) is 5.36. The van der Waals surface area contributed by atoms with Crippen LogP contribution in [0.1, 0.15) is 38.2 Å². The summed E-state index contributed by atoms with van der Waals surface area (Å²) in [7, 11) is 0. The highest BCUT2D eigenvalue weighted by Crippen LogP contribution is 2.34. The molecule has 1 fully saturated rings. The molecule has 1 unspecified atom stereocenters. The first kappa shape index (κ1) is 15.3. The van der Waals surface area contributed by atoms with E-state index in [0.29, 0.717) is 25.9 Å². The molecule has 0 radical (unpaired) electrons. The molecule has 6 nitrogen and oxygen atoms in total. The van der Waals surface area contributed by atoms with Crippen LogP contribution in [0, 0.1) is 0 Å². The van der Waals surface area contributed by atoms with Crippen molar-refractivity contribution < 1.29 is 14.7 Å². The summed E-state index contributed by atoms with van der Waals surface area (Å²) < 4.78 is 0. The minimum absolute atomic E-state index is 0.313. The summed E-state index contributed by atoms with van der Waals surface area (Å²) in [6.07, 6.45) is 5.83. The predicted octanol–water partition coefficient (Wildman–Crippen LogP) is 2.01. The molecule has 2 N–H and O–H groups in total. The van der Waals surface area contributed by atoms with Crippen molar-refractivity contribution in [3.05, 3.63) is 30.1 Å². The van der Waals surface area contributed by atoms with E-state index in [2.05, 4.69) is 10.3 Å². The number of carboxylic acids is 1. The summed E-state index contributed by atoms with van der Waals surface area (Å²) in [6.45, 7) is 2.78. The van der Waals surface area contributed by atoms with Crippen molar-refractivity contribution >= 4 is 12.0 Å². The van der Waals surface area contributed by atoms with Crippen molar-refractivity contribution in [3.8, 4) is 0 Å². The van der Waals surface area contributed by atoms with E-state index in [1.54, 1.807) is 18.5 Å². The smallest absolute Gasteiger partial charge is 0.329 e. The van der Waals surface area contributed by atoms with Crippen molar-refractivity contribution in [1.82, 2.24) is 15.2 Å². The lowest BCUT2D eigenvalue weighted by molar-refractivity contribution is -0.148. The number of carboxylic acid groups (broad SMARTS) is 1. The number of amides is 2. The van der Waals surface area contributed by atoms with Crippen LogP contribution < -0.4 is 5.32 Å². The summed E-state index contributed by atoms with van der Waals surface area (Å²) in [5.41, 5.74) is -0.158. The maximum absolute atomic E-state index is 12.3. The summed E-state index contributed by atoms with van der Waals surface area (Å²) in [5.74, 6) is -0.904. The summed E-state index contributed by atoms with van der Waals surface area (Å²) in [4.78, 5) is 29.5. The third-order valence-electron chi connectivity index (χ3n) is 3.96. The van der Waals surface area contributed by atoms with Gasteiger partial charge in [0.25, 0.3) is 0 Å². The molecule has 1 atom stereocenters. The Bertz CT molecular complexity index is 506. The van der Waals surface area contributed by atoms with Crippen molar-refractivity contribution in [2.75, 3.05) is 6.54 Å². The van der Waals surface area contributed by atoms with Crippen LogP contribution in [-0.2, 0) is 11.3 Å². The molecule has 2 rings (SSSR count). The topological polar surface area (TPSA) is 82.5 Å². The lowest BCUT2D eigenvalue weighted by Gasteiger charge is -2.34. The molecule has 2 heterocycles. The quantitative estimate of drug-likeness (QED) is 0.869. The van der Waals surface area contributed by atoms with Gasteiger partial charge in [0.2, 0.25) is 0 Å². The predicted molar refractivity (Wildman–Crippen MR) is 77.7 cm³/mol. The normalized spacial score (nSPS) is 21.3. The first-order valence-corrected chi connectivity index (χ1v) is 7.28. The second-order valence-electron chi connectivity index (χ2n) is 5.36. The Morgan fingerprint density at radius 3 is 2.95 bits per heavy atom. The summed E-state index contributed by atoms with van der Waals surface area (Å²) >= 11 is 0. The van der Waals surface area contributed by atoms with Crippen LogP contribution in [0.3, 0.4) is 0 Å². The van der Waals surface area contributed by atoms with Gasteiger partial charge in [0, 0.05) is 25.5 Å². The fourth-order valence-electron chi connectivity index (χ4n) is 2.95. The second kappa shape index (κ2) is 6.56. The fourth-order valence-corrected chi connectivity index (χ4v) is 2.95. The van der Waals surface area contributed by atoms with Gasteiger partial charge in [0.05, 0.1) is 0 Å². The van der Waals surface area contributed by atoms with Gasteiger partial charge in [-0.1, -0.05) is 19.4 Å². The van der Waals surface area contributed by atoms with Crippen LogP contribution in [-0.4, -0.2) is 39.1 Å². The highest BCUT2D eigenvalue weighted by Gasteiger charge is 2.49. The molecule has 0 saturated carbocycles. The molecule has 1 saturated heterocycles. The van der Waals surface area contributed by atoms with E-state index in [-0.39, 0.29) is 6.03 Å². The summed E-state index contributed by atoms with van der Waals surface area (Å²) in [6, 6.07) is 3.36. The van der Waals surface area contributed by atoms with E-state index in [0.717, 1.165) is 18.4 Å². The third-order valence-corrected chi connectivity index (χ3v) is 3.96. The number of nitrogens with one attached hydrogen (secondary N) is 1. The maximum Gasteiger partial charge on any atom is 0.329 e. The lowest BCUT2D eigenvalue weighted by atomic mass is 9.91. The van der Waals surface area contributed by atoms with Gasteiger partial charge in [-0.15, -0.1) is 0 Å². The van der Waals surface area contributed by atoms with E-state index < -0.39 is 11.5 Å². The Hall–Kier alpha value is -2.11. The molecule has 0 aromatic carbocycles. The van der Waals surface area contributed by atoms with E-state index >= 15 is 0 Å². The minimum atomic E-state index is -1.05. The average molecular weight is 291 g/mol. The Labute approximate surface area is 124 Å². The highest BCUT2D eigenvalue weighted by atomic mass is 16.4. The molecule has 1 aliphatic rings. The zero-order chi connectivity index (χ0) is 15.3. The number of hydrogen-bond acceptors (Lipinski definition) is 3. The highest BCUT2D eigenvalue weighted by molar-refractivity contribution is 5.87. The molecule has 0 bridgehead atoms. The number of hydrogen-bond donors (Lipinski definition) is 2. The molecule has 2 amide bonds. The van der Waals surface area contributed by atoms with Gasteiger partial charge in [0.1, 0.15) is 5.54 Å². The lowest BCUT2D eigenvalue weighted by Crippen LogP contribution is -2.55. The third kappa shape index (κ3) is 3.15. The van der Waals surface area contributed by atoms with Gasteiger partial charge < -0.3 is 15.3 Å². The van der Waals surface area contributed by atoms with Gasteiger partial charge in [-0.2, -0.15) is 0 Å². The van der Waals surface area contributed by atoms with Crippen molar-refractivity contribution in [1.29, 1.82) is 0 Å². The molecule has 6 heteroatoms. The largest absolute Gasteiger partial charge is 0.479 e. The van der Waals surface area contributed by atoms with E-state index in [1.807, 2.05) is 13.0 Å². The first-order chi connectivity index (χ1) is 10.1. The number of likely N-dealkylation sites (tertiary alicyclic amines) is 1. The number of carbonyl (C=O) groups excluding carboxylic acids is 1. The Balaban J connectivity index is 2.05. The van der Waals surface area contributed by atoms with Gasteiger partial charge >= 0.3 is 12.0 Å². The van der Waals surface area contributed by atoms with Crippen LogP contribution in [0.2, 0.25) is 0 Å². The van der Waals surface area contributed by atoms with E-state index in [1.165, 1.54) is 4.90 Å². The van der Waals surface area contributed by atoms with E-state index in [4.69, 9.17) is 0 Å². The van der Waals surface area contributed by atoms with Crippen molar-refractivity contribution in [2.24, 2.45) is 0 Å². The molecule has 1 aromatic heterocycles. The minimum Gasteiger partial charge on any atom is -0.479 e. The van der Waals surface area contributed by atoms with Crippen LogP contribution in [0.15, 0.2) is 24.5 Å². The van der Waals surface area contributed by atoms with Crippen LogP contribution in [0.5, 0.6) is 0 Å². The molecule has 0 aliphatic carbocycles. The monoisotopic (exact) mass is 291 g/mol. The van der Waals surface area contributed by atoms with Crippen molar-refractivity contribution in [2.45, 2.75) is 44.7 Å².